The number of carbonyl (C=O) groups is 1. The lowest BCUT2D eigenvalue weighted by Gasteiger charge is -2.13. The van der Waals surface area contributed by atoms with Gasteiger partial charge in [-0.05, 0) is 14.0 Å². The molecule has 0 aromatic carbocycles. The molecule has 0 fully saturated rings. The van der Waals surface area contributed by atoms with Crippen molar-refractivity contribution >= 4 is 5.91 Å². The molecule has 0 rings (SSSR count). The van der Waals surface area contributed by atoms with Gasteiger partial charge in [-0.25, -0.2) is 0 Å². The summed E-state index contributed by atoms with van der Waals surface area (Å²) in [6, 6.07) is -0.236. The van der Waals surface area contributed by atoms with Gasteiger partial charge in [-0.2, -0.15) is 0 Å². The number of carbonyl (C=O) groups excluding carboxylic acids is 1. The van der Waals surface area contributed by atoms with Crippen molar-refractivity contribution in [2.45, 2.75) is 13.0 Å². The van der Waals surface area contributed by atoms with Gasteiger partial charge in [-0.15, -0.1) is 0 Å². The third-order valence-corrected chi connectivity index (χ3v) is 1.35. The van der Waals surface area contributed by atoms with E-state index in [9.17, 15) is 4.79 Å². The summed E-state index contributed by atoms with van der Waals surface area (Å²) in [4.78, 5) is 11.1. The van der Waals surface area contributed by atoms with Crippen LogP contribution in [0.3, 0.4) is 0 Å². The Balaban J connectivity index is 3.71. The lowest BCUT2D eigenvalue weighted by Crippen LogP contribution is -2.45. The summed E-state index contributed by atoms with van der Waals surface area (Å²) >= 11 is 0. The Labute approximate surface area is 67.3 Å². The van der Waals surface area contributed by atoms with E-state index in [-0.39, 0.29) is 11.9 Å². The van der Waals surface area contributed by atoms with Crippen LogP contribution in [0.4, 0.5) is 0 Å². The van der Waals surface area contributed by atoms with E-state index in [2.05, 4.69) is 10.6 Å². The molecule has 0 aromatic rings. The van der Waals surface area contributed by atoms with Gasteiger partial charge in [0.25, 0.3) is 0 Å². The number of ether oxygens (including phenoxy) is 1. The van der Waals surface area contributed by atoms with Gasteiger partial charge in [-0.1, -0.05) is 0 Å². The van der Waals surface area contributed by atoms with Crippen LogP contribution >= 0.6 is 0 Å². The van der Waals surface area contributed by atoms with Crippen LogP contribution < -0.4 is 10.6 Å². The van der Waals surface area contributed by atoms with E-state index in [1.54, 1.807) is 14.2 Å². The van der Waals surface area contributed by atoms with Gasteiger partial charge in [0.2, 0.25) is 5.91 Å². The second-order valence-electron chi connectivity index (χ2n) is 2.19. The molecule has 2 N–H and O–H groups in total. The average Bonchev–Trinajstić information content (AvgIpc) is 2.00. The van der Waals surface area contributed by atoms with Crippen molar-refractivity contribution in [3.8, 4) is 0 Å². The lowest BCUT2D eigenvalue weighted by atomic mass is 10.3. The molecule has 0 radical (unpaired) electrons. The minimum atomic E-state index is -0.236. The van der Waals surface area contributed by atoms with Crippen molar-refractivity contribution in [3.63, 3.8) is 0 Å². The Kier molecular flexibility index (Phi) is 5.78. The Morgan fingerprint density at radius 3 is 2.64 bits per heavy atom. The molecule has 1 amide bonds. The molecule has 0 aliphatic heterocycles. The number of likely N-dealkylation sites (N-methyl/N-ethyl adjacent to an activating group) is 2. The predicted octanol–water partition coefficient (Wildman–Crippen LogP) is -0.643. The first-order valence-electron chi connectivity index (χ1n) is 3.70. The van der Waals surface area contributed by atoms with Gasteiger partial charge in [0, 0.05) is 13.7 Å². The van der Waals surface area contributed by atoms with Gasteiger partial charge >= 0.3 is 0 Å². The molecule has 4 heteroatoms. The summed E-state index contributed by atoms with van der Waals surface area (Å²) in [5, 5.41) is 5.55. The number of hydrogen-bond acceptors (Lipinski definition) is 3. The highest BCUT2D eigenvalue weighted by molar-refractivity contribution is 5.81. The highest BCUT2D eigenvalue weighted by Crippen LogP contribution is 1.83. The van der Waals surface area contributed by atoms with Crippen molar-refractivity contribution in [1.29, 1.82) is 0 Å². The first-order chi connectivity index (χ1) is 5.26. The molecule has 0 unspecified atom stereocenters. The molecule has 1 atom stereocenters. The number of nitrogens with one attached hydrogen (secondary N) is 2. The number of hydrogen-bond donors (Lipinski definition) is 2. The molecule has 0 aliphatic rings. The van der Waals surface area contributed by atoms with Gasteiger partial charge in [0.1, 0.15) is 6.04 Å². The van der Waals surface area contributed by atoms with Crippen LogP contribution in [0, 0.1) is 0 Å². The Morgan fingerprint density at radius 1 is 1.64 bits per heavy atom. The van der Waals surface area contributed by atoms with Crippen molar-refractivity contribution in [3.05, 3.63) is 0 Å². The zero-order valence-electron chi connectivity index (χ0n) is 7.31. The molecule has 0 saturated heterocycles. The van der Waals surface area contributed by atoms with Crippen LogP contribution in [0.1, 0.15) is 6.92 Å². The summed E-state index contributed by atoms with van der Waals surface area (Å²) in [7, 11) is 3.31. The van der Waals surface area contributed by atoms with Gasteiger partial charge in [0.05, 0.1) is 6.61 Å². The monoisotopic (exact) mass is 160 g/mol. The SMILES string of the molecule is CCNC(=O)[C@H](COC)NC. The maximum absolute atomic E-state index is 11.1. The van der Waals surface area contributed by atoms with Crippen LogP contribution in [0.25, 0.3) is 0 Å². The van der Waals surface area contributed by atoms with Crippen molar-refractivity contribution in [1.82, 2.24) is 10.6 Å². The zero-order chi connectivity index (χ0) is 8.69. The maximum Gasteiger partial charge on any atom is 0.239 e. The highest BCUT2D eigenvalue weighted by atomic mass is 16.5. The third kappa shape index (κ3) is 3.95. The lowest BCUT2D eigenvalue weighted by molar-refractivity contribution is -0.124. The molecule has 0 heterocycles. The molecule has 11 heavy (non-hydrogen) atoms. The van der Waals surface area contributed by atoms with Crippen LogP contribution in [0.2, 0.25) is 0 Å². The summed E-state index contributed by atoms with van der Waals surface area (Å²) in [5.41, 5.74) is 0. The second kappa shape index (κ2) is 6.12. The molecule has 0 spiro atoms. The Morgan fingerprint density at radius 2 is 2.27 bits per heavy atom. The first kappa shape index (κ1) is 10.4. The molecule has 0 aromatic heterocycles. The molecular formula is C7H16N2O2. The largest absolute Gasteiger partial charge is 0.383 e. The first-order valence-corrected chi connectivity index (χ1v) is 3.70. The summed E-state index contributed by atoms with van der Waals surface area (Å²) < 4.78 is 4.84. The van der Waals surface area contributed by atoms with E-state index in [4.69, 9.17) is 4.74 Å². The third-order valence-electron chi connectivity index (χ3n) is 1.35. The summed E-state index contributed by atoms with van der Waals surface area (Å²) in [6.45, 7) is 2.94. The standard InChI is InChI=1S/C7H16N2O2/c1-4-9-7(10)6(8-2)5-11-3/h6,8H,4-5H2,1-3H3,(H,9,10)/t6-/m0/s1. The van der Waals surface area contributed by atoms with E-state index in [1.165, 1.54) is 0 Å². The Bertz CT molecular complexity index is 117. The van der Waals surface area contributed by atoms with E-state index < -0.39 is 0 Å². The number of amides is 1. The Hall–Kier alpha value is -0.610. The molecule has 0 saturated carbocycles. The van der Waals surface area contributed by atoms with Crippen molar-refractivity contribution < 1.29 is 9.53 Å². The zero-order valence-corrected chi connectivity index (χ0v) is 7.31. The van der Waals surface area contributed by atoms with Crippen LogP contribution in [0.5, 0.6) is 0 Å². The molecule has 4 nitrogen and oxygen atoms in total. The van der Waals surface area contributed by atoms with E-state index in [0.717, 1.165) is 0 Å². The number of methoxy groups -OCH3 is 1. The number of rotatable bonds is 5. The van der Waals surface area contributed by atoms with E-state index in [1.807, 2.05) is 6.92 Å². The van der Waals surface area contributed by atoms with Gasteiger partial charge < -0.3 is 15.4 Å². The molecular weight excluding hydrogens is 144 g/mol. The fraction of sp³-hybridized carbons (Fsp3) is 0.857. The van der Waals surface area contributed by atoms with Crippen LogP contribution in [-0.2, 0) is 9.53 Å². The van der Waals surface area contributed by atoms with Crippen molar-refractivity contribution in [2.75, 3.05) is 27.3 Å². The van der Waals surface area contributed by atoms with E-state index in [0.29, 0.717) is 13.2 Å². The fourth-order valence-electron chi connectivity index (χ4n) is 0.754. The predicted molar refractivity (Wildman–Crippen MR) is 43.4 cm³/mol. The fourth-order valence-corrected chi connectivity index (χ4v) is 0.754. The maximum atomic E-state index is 11.1. The smallest absolute Gasteiger partial charge is 0.239 e. The molecule has 0 aliphatic carbocycles. The normalized spacial score (nSPS) is 12.6. The minimum absolute atomic E-state index is 0.0168. The quantitative estimate of drug-likeness (QED) is 0.562. The minimum Gasteiger partial charge on any atom is -0.383 e. The van der Waals surface area contributed by atoms with Gasteiger partial charge in [-0.3, -0.25) is 4.79 Å². The highest BCUT2D eigenvalue weighted by Gasteiger charge is 2.13. The second-order valence-corrected chi connectivity index (χ2v) is 2.19. The topological polar surface area (TPSA) is 50.4 Å². The molecule has 66 valence electrons. The van der Waals surface area contributed by atoms with Crippen LogP contribution in [0.15, 0.2) is 0 Å². The average molecular weight is 160 g/mol. The van der Waals surface area contributed by atoms with E-state index >= 15 is 0 Å². The van der Waals surface area contributed by atoms with Crippen molar-refractivity contribution in [2.24, 2.45) is 0 Å². The summed E-state index contributed by atoms with van der Waals surface area (Å²) in [6.07, 6.45) is 0. The van der Waals surface area contributed by atoms with Gasteiger partial charge in [0.15, 0.2) is 0 Å². The van der Waals surface area contributed by atoms with Crippen LogP contribution in [-0.4, -0.2) is 39.3 Å². The molecule has 0 bridgehead atoms. The summed E-state index contributed by atoms with van der Waals surface area (Å²) in [5.74, 6) is -0.0168.